The van der Waals surface area contributed by atoms with Crippen molar-refractivity contribution in [3.63, 3.8) is 0 Å². The van der Waals surface area contributed by atoms with Gasteiger partial charge in [0.2, 0.25) is 0 Å². The van der Waals surface area contributed by atoms with Gasteiger partial charge in [-0.25, -0.2) is 0 Å². The summed E-state index contributed by atoms with van der Waals surface area (Å²) in [5.41, 5.74) is 2.22. The van der Waals surface area contributed by atoms with Crippen LogP contribution < -0.4 is 10.1 Å². The summed E-state index contributed by atoms with van der Waals surface area (Å²) in [6.07, 6.45) is 0. The molecule has 1 unspecified atom stereocenters. The highest BCUT2D eigenvalue weighted by molar-refractivity contribution is 5.58. The molecule has 0 aliphatic rings. The fraction of sp³-hybridized carbons (Fsp3) is 0.571. The van der Waals surface area contributed by atoms with Crippen LogP contribution >= 0.6 is 0 Å². The Morgan fingerprint density at radius 1 is 1.24 bits per heavy atom. The van der Waals surface area contributed by atoms with E-state index in [1.54, 1.807) is 14.2 Å². The molecule has 1 rings (SSSR count). The van der Waals surface area contributed by atoms with E-state index in [9.17, 15) is 0 Å². The van der Waals surface area contributed by atoms with Crippen LogP contribution in [0.25, 0.3) is 0 Å². The Bertz CT molecular complexity index is 350. The standard InChI is InChI=1S/C14H23NO2/c1-10(2)13(9-16-4)15-12-7-6-11(3)8-14(12)17-5/h6-8,10,13,15H,9H2,1-5H3. The first-order valence-electron chi connectivity index (χ1n) is 5.98. The molecule has 0 bridgehead atoms. The Kier molecular flexibility index (Phi) is 5.29. The summed E-state index contributed by atoms with van der Waals surface area (Å²) in [5.74, 6) is 1.38. The molecule has 0 fully saturated rings. The average molecular weight is 237 g/mol. The van der Waals surface area contributed by atoms with Crippen molar-refractivity contribution < 1.29 is 9.47 Å². The highest BCUT2D eigenvalue weighted by Gasteiger charge is 2.14. The van der Waals surface area contributed by atoms with Gasteiger partial charge < -0.3 is 14.8 Å². The first-order chi connectivity index (χ1) is 8.08. The highest BCUT2D eigenvalue weighted by Crippen LogP contribution is 2.26. The lowest BCUT2D eigenvalue weighted by Gasteiger charge is -2.24. The molecule has 3 heteroatoms. The van der Waals surface area contributed by atoms with Crippen LogP contribution in [-0.2, 0) is 4.74 Å². The zero-order valence-corrected chi connectivity index (χ0v) is 11.4. The second kappa shape index (κ2) is 6.50. The first kappa shape index (κ1) is 13.8. The van der Waals surface area contributed by atoms with Gasteiger partial charge in [0.05, 0.1) is 25.4 Å². The number of nitrogens with one attached hydrogen (secondary N) is 1. The van der Waals surface area contributed by atoms with Crippen molar-refractivity contribution in [3.05, 3.63) is 23.8 Å². The van der Waals surface area contributed by atoms with Gasteiger partial charge >= 0.3 is 0 Å². The van der Waals surface area contributed by atoms with Gasteiger partial charge in [-0.05, 0) is 30.5 Å². The Labute approximate surface area is 104 Å². The monoisotopic (exact) mass is 237 g/mol. The number of benzene rings is 1. The Balaban J connectivity index is 2.84. The third kappa shape index (κ3) is 3.93. The van der Waals surface area contributed by atoms with Crippen LogP contribution in [0.2, 0.25) is 0 Å². The van der Waals surface area contributed by atoms with Crippen LogP contribution in [0.1, 0.15) is 19.4 Å². The van der Waals surface area contributed by atoms with Gasteiger partial charge in [-0.2, -0.15) is 0 Å². The molecule has 1 atom stereocenters. The van der Waals surface area contributed by atoms with Gasteiger partial charge in [0.15, 0.2) is 0 Å². The lowest BCUT2D eigenvalue weighted by atomic mass is 10.0. The van der Waals surface area contributed by atoms with E-state index >= 15 is 0 Å². The predicted molar refractivity (Wildman–Crippen MR) is 71.9 cm³/mol. The zero-order valence-electron chi connectivity index (χ0n) is 11.4. The van der Waals surface area contributed by atoms with Crippen LogP contribution in [0, 0.1) is 12.8 Å². The van der Waals surface area contributed by atoms with E-state index in [-0.39, 0.29) is 6.04 Å². The van der Waals surface area contributed by atoms with Gasteiger partial charge in [-0.1, -0.05) is 19.9 Å². The molecule has 17 heavy (non-hydrogen) atoms. The van der Waals surface area contributed by atoms with Crippen molar-refractivity contribution in [1.82, 2.24) is 0 Å². The highest BCUT2D eigenvalue weighted by atomic mass is 16.5. The molecular weight excluding hydrogens is 214 g/mol. The van der Waals surface area contributed by atoms with Crippen molar-refractivity contribution in [2.45, 2.75) is 26.8 Å². The average Bonchev–Trinajstić information content (AvgIpc) is 2.30. The number of anilines is 1. The molecule has 0 aromatic heterocycles. The summed E-state index contributed by atoms with van der Waals surface area (Å²) < 4.78 is 10.6. The van der Waals surface area contributed by atoms with Gasteiger partial charge in [-0.3, -0.25) is 0 Å². The predicted octanol–water partition coefficient (Wildman–Crippen LogP) is 3.09. The third-order valence-corrected chi connectivity index (χ3v) is 2.85. The molecule has 0 amide bonds. The van der Waals surface area contributed by atoms with Crippen molar-refractivity contribution in [2.24, 2.45) is 5.92 Å². The van der Waals surface area contributed by atoms with E-state index in [4.69, 9.17) is 9.47 Å². The van der Waals surface area contributed by atoms with E-state index in [0.717, 1.165) is 11.4 Å². The smallest absolute Gasteiger partial charge is 0.142 e. The Hall–Kier alpha value is -1.22. The second-order valence-corrected chi connectivity index (χ2v) is 4.65. The fourth-order valence-corrected chi connectivity index (χ4v) is 1.70. The summed E-state index contributed by atoms with van der Waals surface area (Å²) in [6, 6.07) is 6.46. The summed E-state index contributed by atoms with van der Waals surface area (Å²) in [6.45, 7) is 7.10. The van der Waals surface area contributed by atoms with Crippen molar-refractivity contribution >= 4 is 5.69 Å². The second-order valence-electron chi connectivity index (χ2n) is 4.65. The normalized spacial score (nSPS) is 12.6. The maximum atomic E-state index is 5.38. The Morgan fingerprint density at radius 2 is 1.94 bits per heavy atom. The van der Waals surface area contributed by atoms with E-state index < -0.39 is 0 Å². The molecule has 96 valence electrons. The molecule has 0 heterocycles. The first-order valence-corrected chi connectivity index (χ1v) is 5.98. The lowest BCUT2D eigenvalue weighted by Crippen LogP contribution is -2.30. The van der Waals surface area contributed by atoms with E-state index in [1.807, 2.05) is 6.07 Å². The van der Waals surface area contributed by atoms with Crippen molar-refractivity contribution in [1.29, 1.82) is 0 Å². The molecule has 1 N–H and O–H groups in total. The quantitative estimate of drug-likeness (QED) is 0.824. The van der Waals surface area contributed by atoms with E-state index in [1.165, 1.54) is 5.56 Å². The summed E-state index contributed by atoms with van der Waals surface area (Å²) in [5, 5.41) is 3.48. The lowest BCUT2D eigenvalue weighted by molar-refractivity contribution is 0.171. The molecule has 0 saturated carbocycles. The van der Waals surface area contributed by atoms with E-state index in [0.29, 0.717) is 12.5 Å². The SMILES string of the molecule is COCC(Nc1ccc(C)cc1OC)C(C)C. The van der Waals surface area contributed by atoms with Crippen molar-refractivity contribution in [3.8, 4) is 5.75 Å². The Morgan fingerprint density at radius 3 is 2.47 bits per heavy atom. The fourth-order valence-electron chi connectivity index (χ4n) is 1.70. The molecule has 0 aliphatic heterocycles. The van der Waals surface area contributed by atoms with Gasteiger partial charge in [0, 0.05) is 7.11 Å². The molecule has 3 nitrogen and oxygen atoms in total. The molecular formula is C14H23NO2. The summed E-state index contributed by atoms with van der Waals surface area (Å²) >= 11 is 0. The summed E-state index contributed by atoms with van der Waals surface area (Å²) in [7, 11) is 3.42. The van der Waals surface area contributed by atoms with Crippen LogP contribution in [-0.4, -0.2) is 26.9 Å². The number of aryl methyl sites for hydroxylation is 1. The number of methoxy groups -OCH3 is 2. The minimum Gasteiger partial charge on any atom is -0.495 e. The van der Waals surface area contributed by atoms with Crippen molar-refractivity contribution in [2.75, 3.05) is 26.1 Å². The third-order valence-electron chi connectivity index (χ3n) is 2.85. The van der Waals surface area contributed by atoms with E-state index in [2.05, 4.69) is 38.2 Å². The number of hydrogen-bond donors (Lipinski definition) is 1. The maximum Gasteiger partial charge on any atom is 0.142 e. The van der Waals surface area contributed by atoms with Gasteiger partial charge in [0.1, 0.15) is 5.75 Å². The maximum absolute atomic E-state index is 5.38. The largest absolute Gasteiger partial charge is 0.495 e. The minimum atomic E-state index is 0.289. The molecule has 1 aromatic rings. The topological polar surface area (TPSA) is 30.5 Å². The van der Waals surface area contributed by atoms with Crippen LogP contribution in [0.4, 0.5) is 5.69 Å². The number of ether oxygens (including phenoxy) is 2. The minimum absolute atomic E-state index is 0.289. The van der Waals surface area contributed by atoms with Gasteiger partial charge in [-0.15, -0.1) is 0 Å². The summed E-state index contributed by atoms with van der Waals surface area (Å²) in [4.78, 5) is 0. The van der Waals surface area contributed by atoms with Gasteiger partial charge in [0.25, 0.3) is 0 Å². The zero-order chi connectivity index (χ0) is 12.8. The number of rotatable bonds is 6. The molecule has 0 aliphatic carbocycles. The van der Waals surface area contributed by atoms with Crippen LogP contribution in [0.3, 0.4) is 0 Å². The van der Waals surface area contributed by atoms with Crippen LogP contribution in [0.15, 0.2) is 18.2 Å². The molecule has 0 radical (unpaired) electrons. The molecule has 1 aromatic carbocycles. The molecule has 0 saturated heterocycles. The molecule has 0 spiro atoms. The van der Waals surface area contributed by atoms with Crippen LogP contribution in [0.5, 0.6) is 5.75 Å². The number of hydrogen-bond acceptors (Lipinski definition) is 3.